The molecule has 0 bridgehead atoms. The molecule has 0 atom stereocenters. The number of aromatic amines is 1. The highest BCUT2D eigenvalue weighted by atomic mass is 32.1. The first kappa shape index (κ1) is 12.0. The SMILES string of the molecule is O=C(O)c1cc2cc(CCc3ccccc3)sc2[nH]1. The number of aromatic carboxylic acids is 1. The van der Waals surface area contributed by atoms with E-state index in [0.717, 1.165) is 23.1 Å². The quantitative estimate of drug-likeness (QED) is 0.760. The maximum atomic E-state index is 10.8. The minimum absolute atomic E-state index is 0.260. The third kappa shape index (κ3) is 2.53. The Morgan fingerprint density at radius 2 is 1.95 bits per heavy atom. The van der Waals surface area contributed by atoms with E-state index in [4.69, 9.17) is 5.11 Å². The number of fused-ring (bicyclic) bond motifs is 1. The van der Waals surface area contributed by atoms with Gasteiger partial charge in [0.25, 0.3) is 0 Å². The van der Waals surface area contributed by atoms with Gasteiger partial charge in [-0.3, -0.25) is 0 Å². The first-order chi connectivity index (χ1) is 9.22. The minimum atomic E-state index is -0.908. The monoisotopic (exact) mass is 271 g/mol. The van der Waals surface area contributed by atoms with Crippen LogP contribution in [0.5, 0.6) is 0 Å². The average molecular weight is 271 g/mol. The summed E-state index contributed by atoms with van der Waals surface area (Å²) in [5.74, 6) is -0.908. The first-order valence-electron chi connectivity index (χ1n) is 6.11. The Kier molecular flexibility index (Phi) is 3.09. The van der Waals surface area contributed by atoms with Gasteiger partial charge in [-0.1, -0.05) is 30.3 Å². The van der Waals surface area contributed by atoms with Crippen molar-refractivity contribution in [1.29, 1.82) is 0 Å². The van der Waals surface area contributed by atoms with Crippen LogP contribution in [0.25, 0.3) is 10.2 Å². The van der Waals surface area contributed by atoms with Gasteiger partial charge in [-0.15, -0.1) is 11.3 Å². The van der Waals surface area contributed by atoms with E-state index in [0.29, 0.717) is 0 Å². The summed E-state index contributed by atoms with van der Waals surface area (Å²) in [4.78, 5) is 16.0. The summed E-state index contributed by atoms with van der Waals surface area (Å²) < 4.78 is 0. The van der Waals surface area contributed by atoms with Gasteiger partial charge in [0.1, 0.15) is 10.5 Å². The van der Waals surface area contributed by atoms with Crippen molar-refractivity contribution in [2.45, 2.75) is 12.8 Å². The number of aromatic nitrogens is 1. The lowest BCUT2D eigenvalue weighted by atomic mass is 10.1. The van der Waals surface area contributed by atoms with Crippen molar-refractivity contribution < 1.29 is 9.90 Å². The van der Waals surface area contributed by atoms with Crippen molar-refractivity contribution in [3.05, 3.63) is 58.6 Å². The van der Waals surface area contributed by atoms with E-state index in [9.17, 15) is 4.79 Å². The number of benzene rings is 1. The van der Waals surface area contributed by atoms with Crippen LogP contribution in [-0.2, 0) is 12.8 Å². The molecule has 19 heavy (non-hydrogen) atoms. The third-order valence-electron chi connectivity index (χ3n) is 3.09. The van der Waals surface area contributed by atoms with Crippen LogP contribution in [0.4, 0.5) is 0 Å². The molecule has 3 nitrogen and oxygen atoms in total. The molecule has 2 N–H and O–H groups in total. The molecular weight excluding hydrogens is 258 g/mol. The molecule has 1 aromatic carbocycles. The highest BCUT2D eigenvalue weighted by molar-refractivity contribution is 7.18. The maximum absolute atomic E-state index is 10.8. The van der Waals surface area contributed by atoms with Gasteiger partial charge in [-0.2, -0.15) is 0 Å². The lowest BCUT2D eigenvalue weighted by Crippen LogP contribution is -1.94. The van der Waals surface area contributed by atoms with Crippen LogP contribution in [-0.4, -0.2) is 16.1 Å². The predicted octanol–water partition coefficient (Wildman–Crippen LogP) is 3.71. The minimum Gasteiger partial charge on any atom is -0.477 e. The van der Waals surface area contributed by atoms with Gasteiger partial charge < -0.3 is 10.1 Å². The lowest BCUT2D eigenvalue weighted by Gasteiger charge is -1.98. The van der Waals surface area contributed by atoms with Crippen molar-refractivity contribution in [3.63, 3.8) is 0 Å². The molecule has 2 aromatic heterocycles. The molecule has 0 radical (unpaired) electrons. The van der Waals surface area contributed by atoms with E-state index in [-0.39, 0.29) is 5.69 Å². The van der Waals surface area contributed by atoms with Crippen LogP contribution in [0, 0.1) is 0 Å². The van der Waals surface area contributed by atoms with Crippen LogP contribution in [0.15, 0.2) is 42.5 Å². The predicted molar refractivity (Wildman–Crippen MR) is 77.0 cm³/mol. The summed E-state index contributed by atoms with van der Waals surface area (Å²) in [5.41, 5.74) is 1.58. The fourth-order valence-electron chi connectivity index (χ4n) is 2.13. The van der Waals surface area contributed by atoms with Gasteiger partial charge in [0.05, 0.1) is 0 Å². The zero-order chi connectivity index (χ0) is 13.2. The van der Waals surface area contributed by atoms with Gasteiger partial charge in [0.15, 0.2) is 0 Å². The second-order valence-corrected chi connectivity index (χ2v) is 5.61. The van der Waals surface area contributed by atoms with Crippen LogP contribution in [0.2, 0.25) is 0 Å². The largest absolute Gasteiger partial charge is 0.477 e. The smallest absolute Gasteiger partial charge is 0.352 e. The first-order valence-corrected chi connectivity index (χ1v) is 6.92. The Balaban J connectivity index is 1.75. The standard InChI is InChI=1S/C15H13NO2S/c17-15(18)13-9-11-8-12(19-14(11)16-13)7-6-10-4-2-1-3-5-10/h1-5,8-9,16H,6-7H2,(H,17,18). The average Bonchev–Trinajstić information content (AvgIpc) is 2.95. The molecule has 0 aliphatic rings. The molecule has 3 rings (SSSR count). The molecule has 0 saturated heterocycles. The number of H-pyrrole nitrogens is 1. The van der Waals surface area contributed by atoms with Gasteiger partial charge in [-0.05, 0) is 30.5 Å². The topological polar surface area (TPSA) is 53.1 Å². The Labute approximate surface area is 114 Å². The Morgan fingerprint density at radius 3 is 2.63 bits per heavy atom. The molecular formula is C15H13NO2S. The summed E-state index contributed by atoms with van der Waals surface area (Å²) in [5, 5.41) is 9.89. The van der Waals surface area contributed by atoms with Crippen molar-refractivity contribution in [2.75, 3.05) is 0 Å². The van der Waals surface area contributed by atoms with E-state index in [2.05, 4.69) is 23.2 Å². The fourth-order valence-corrected chi connectivity index (χ4v) is 3.18. The molecule has 3 aromatic rings. The van der Waals surface area contributed by atoms with E-state index in [1.54, 1.807) is 17.4 Å². The van der Waals surface area contributed by atoms with Gasteiger partial charge in [-0.25, -0.2) is 4.79 Å². The van der Waals surface area contributed by atoms with E-state index >= 15 is 0 Å². The Bertz CT molecular complexity index is 681. The maximum Gasteiger partial charge on any atom is 0.352 e. The molecule has 96 valence electrons. The van der Waals surface area contributed by atoms with Crippen molar-refractivity contribution in [1.82, 2.24) is 4.98 Å². The molecule has 0 aliphatic heterocycles. The number of hydrogen-bond donors (Lipinski definition) is 2. The van der Waals surface area contributed by atoms with E-state index in [1.165, 1.54) is 10.4 Å². The normalized spacial score (nSPS) is 10.9. The molecule has 0 fully saturated rings. The summed E-state index contributed by atoms with van der Waals surface area (Å²) in [6, 6.07) is 14.1. The zero-order valence-electron chi connectivity index (χ0n) is 10.2. The number of carbonyl (C=O) groups is 1. The van der Waals surface area contributed by atoms with Gasteiger partial charge in [0.2, 0.25) is 0 Å². The summed E-state index contributed by atoms with van der Waals surface area (Å²) >= 11 is 1.64. The highest BCUT2D eigenvalue weighted by Crippen LogP contribution is 2.27. The second kappa shape index (κ2) is 4.90. The highest BCUT2D eigenvalue weighted by Gasteiger charge is 2.10. The third-order valence-corrected chi connectivity index (χ3v) is 4.22. The molecule has 0 amide bonds. The number of carboxylic acids is 1. The number of rotatable bonds is 4. The van der Waals surface area contributed by atoms with Gasteiger partial charge >= 0.3 is 5.97 Å². The second-order valence-electron chi connectivity index (χ2n) is 4.47. The molecule has 0 unspecified atom stereocenters. The molecule has 0 spiro atoms. The number of thiophene rings is 1. The Morgan fingerprint density at radius 1 is 1.16 bits per heavy atom. The van der Waals surface area contributed by atoms with Crippen LogP contribution < -0.4 is 0 Å². The lowest BCUT2D eigenvalue weighted by molar-refractivity contribution is 0.0691. The van der Waals surface area contributed by atoms with Crippen LogP contribution in [0.1, 0.15) is 20.9 Å². The number of hydrogen-bond acceptors (Lipinski definition) is 2. The zero-order valence-corrected chi connectivity index (χ0v) is 11.0. The number of aryl methyl sites for hydroxylation is 2. The summed E-state index contributed by atoms with van der Waals surface area (Å²) in [6.07, 6.45) is 2.00. The number of carboxylic acid groups (broad SMARTS) is 1. The van der Waals surface area contributed by atoms with Crippen LogP contribution in [0.3, 0.4) is 0 Å². The van der Waals surface area contributed by atoms with Crippen molar-refractivity contribution in [3.8, 4) is 0 Å². The fraction of sp³-hybridized carbons (Fsp3) is 0.133. The Hall–Kier alpha value is -2.07. The van der Waals surface area contributed by atoms with Gasteiger partial charge in [0, 0.05) is 10.3 Å². The molecule has 2 heterocycles. The summed E-state index contributed by atoms with van der Waals surface area (Å²) in [6.45, 7) is 0. The molecule has 0 aliphatic carbocycles. The number of nitrogens with one attached hydrogen (secondary N) is 1. The summed E-state index contributed by atoms with van der Waals surface area (Å²) in [7, 11) is 0. The van der Waals surface area contributed by atoms with E-state index in [1.807, 2.05) is 18.2 Å². The van der Waals surface area contributed by atoms with Crippen LogP contribution >= 0.6 is 11.3 Å². The van der Waals surface area contributed by atoms with E-state index < -0.39 is 5.97 Å². The molecule has 4 heteroatoms. The molecule has 0 saturated carbocycles. The van der Waals surface area contributed by atoms with Crippen molar-refractivity contribution >= 4 is 27.5 Å². The van der Waals surface area contributed by atoms with Crippen molar-refractivity contribution in [2.24, 2.45) is 0 Å².